The average Bonchev–Trinajstić information content (AvgIpc) is 2.09. The molecule has 0 amide bonds. The minimum atomic E-state index is -1.64. The molecule has 0 nitrogen and oxygen atoms in total. The van der Waals surface area contributed by atoms with E-state index >= 15 is 0 Å². The molecule has 0 aliphatic carbocycles. The van der Waals surface area contributed by atoms with Gasteiger partial charge in [-0.3, -0.25) is 0 Å². The Morgan fingerprint density at radius 3 is 1.75 bits per heavy atom. The molecular formula is C11H18Si. The molecule has 0 aromatic carbocycles. The van der Waals surface area contributed by atoms with Gasteiger partial charge in [-0.15, -0.1) is 19.7 Å². The van der Waals surface area contributed by atoms with Crippen LogP contribution in [0.5, 0.6) is 0 Å². The predicted octanol–water partition coefficient (Wildman–Crippen LogP) is 3.58. The van der Waals surface area contributed by atoms with Gasteiger partial charge in [-0.2, -0.15) is 0 Å². The monoisotopic (exact) mass is 178 g/mol. The lowest BCUT2D eigenvalue weighted by atomic mass is 10.4. The Hall–Kier alpha value is -0.823. The summed E-state index contributed by atoms with van der Waals surface area (Å²) in [5.74, 6) is 0. The maximum atomic E-state index is 3.86. The molecule has 0 aromatic heterocycles. The number of allylic oxidation sites excluding steroid dienone is 2. The first kappa shape index (κ1) is 11.2. The second kappa shape index (κ2) is 4.94. The lowest BCUT2D eigenvalue weighted by Crippen LogP contribution is -2.31. The van der Waals surface area contributed by atoms with Crippen molar-refractivity contribution in [2.75, 3.05) is 0 Å². The van der Waals surface area contributed by atoms with Crippen LogP contribution < -0.4 is 0 Å². The van der Waals surface area contributed by atoms with Crippen molar-refractivity contribution < 1.29 is 0 Å². The van der Waals surface area contributed by atoms with E-state index in [1.807, 2.05) is 24.0 Å². The summed E-state index contributed by atoms with van der Waals surface area (Å²) < 4.78 is 0. The molecule has 0 bridgehead atoms. The summed E-state index contributed by atoms with van der Waals surface area (Å²) in [5, 5.41) is 0. The van der Waals surface area contributed by atoms with Crippen LogP contribution in [-0.2, 0) is 0 Å². The van der Waals surface area contributed by atoms with Crippen molar-refractivity contribution in [2.24, 2.45) is 0 Å². The van der Waals surface area contributed by atoms with Gasteiger partial charge >= 0.3 is 0 Å². The van der Waals surface area contributed by atoms with Gasteiger partial charge in [-0.25, -0.2) is 0 Å². The molecule has 0 aliphatic heterocycles. The van der Waals surface area contributed by atoms with E-state index in [-0.39, 0.29) is 0 Å². The van der Waals surface area contributed by atoms with Crippen LogP contribution in [0, 0.1) is 0 Å². The van der Waals surface area contributed by atoms with Crippen molar-refractivity contribution in [3.05, 3.63) is 49.0 Å². The van der Waals surface area contributed by atoms with E-state index in [9.17, 15) is 0 Å². The largest absolute Gasteiger partial charge is 0.131 e. The fourth-order valence-electron chi connectivity index (χ4n) is 1.26. The molecule has 0 saturated heterocycles. The molecule has 0 aliphatic rings. The van der Waals surface area contributed by atoms with Crippen molar-refractivity contribution in [1.29, 1.82) is 0 Å². The van der Waals surface area contributed by atoms with Gasteiger partial charge in [0, 0.05) is 0 Å². The second-order valence-electron chi connectivity index (χ2n) is 2.93. The normalized spacial score (nSPS) is 14.2. The SMILES string of the molecule is C=C[Si](C=C)(C=C)C(C)/C=C/C. The summed E-state index contributed by atoms with van der Waals surface area (Å²) in [4.78, 5) is 0. The third kappa shape index (κ3) is 2.08. The van der Waals surface area contributed by atoms with Crippen LogP contribution in [0.4, 0.5) is 0 Å². The summed E-state index contributed by atoms with van der Waals surface area (Å²) in [7, 11) is -1.64. The van der Waals surface area contributed by atoms with Crippen molar-refractivity contribution >= 4 is 8.07 Å². The molecule has 0 saturated carbocycles. The Morgan fingerprint density at radius 2 is 1.50 bits per heavy atom. The average molecular weight is 178 g/mol. The number of rotatable bonds is 5. The van der Waals surface area contributed by atoms with E-state index < -0.39 is 8.07 Å². The van der Waals surface area contributed by atoms with E-state index in [1.165, 1.54) is 0 Å². The molecule has 0 rings (SSSR count). The van der Waals surface area contributed by atoms with Crippen molar-refractivity contribution in [1.82, 2.24) is 0 Å². The maximum Gasteiger partial charge on any atom is 0.131 e. The molecule has 1 unspecified atom stereocenters. The smallest absolute Gasteiger partial charge is 0.106 e. The predicted molar refractivity (Wildman–Crippen MR) is 60.6 cm³/mol. The molecule has 0 N–H and O–H groups in total. The Bertz CT molecular complexity index is 179. The highest BCUT2D eigenvalue weighted by Crippen LogP contribution is 2.25. The Balaban J connectivity index is 4.81. The third-order valence-corrected chi connectivity index (χ3v) is 6.22. The molecule has 66 valence electrons. The summed E-state index contributed by atoms with van der Waals surface area (Å²) in [6, 6.07) is 0. The van der Waals surface area contributed by atoms with Crippen molar-refractivity contribution in [2.45, 2.75) is 19.4 Å². The summed E-state index contributed by atoms with van der Waals surface area (Å²) >= 11 is 0. The first-order valence-corrected chi connectivity index (χ1v) is 6.51. The summed E-state index contributed by atoms with van der Waals surface area (Å²) in [5.41, 5.74) is 6.59. The molecular weight excluding hydrogens is 160 g/mol. The van der Waals surface area contributed by atoms with Crippen LogP contribution in [0.2, 0.25) is 5.54 Å². The Labute approximate surface area is 77.0 Å². The zero-order valence-corrected chi connectivity index (χ0v) is 9.09. The number of hydrogen-bond donors (Lipinski definition) is 0. The second-order valence-corrected chi connectivity index (χ2v) is 7.06. The van der Waals surface area contributed by atoms with Gasteiger partial charge in [0.15, 0.2) is 0 Å². The highest BCUT2D eigenvalue weighted by molar-refractivity contribution is 6.94. The van der Waals surface area contributed by atoms with Crippen LogP contribution in [0.1, 0.15) is 13.8 Å². The fraction of sp³-hybridized carbons (Fsp3) is 0.273. The van der Waals surface area contributed by atoms with E-state index in [0.29, 0.717) is 5.54 Å². The van der Waals surface area contributed by atoms with E-state index in [4.69, 9.17) is 0 Å². The van der Waals surface area contributed by atoms with Gasteiger partial charge in [0.05, 0.1) is 0 Å². The van der Waals surface area contributed by atoms with Crippen molar-refractivity contribution in [3.63, 3.8) is 0 Å². The number of hydrogen-bond acceptors (Lipinski definition) is 0. The third-order valence-electron chi connectivity index (χ3n) is 2.33. The topological polar surface area (TPSA) is 0 Å². The van der Waals surface area contributed by atoms with Crippen molar-refractivity contribution in [3.8, 4) is 0 Å². The van der Waals surface area contributed by atoms with Crippen LogP contribution in [0.3, 0.4) is 0 Å². The van der Waals surface area contributed by atoms with Gasteiger partial charge in [0.25, 0.3) is 0 Å². The van der Waals surface area contributed by atoms with E-state index in [1.54, 1.807) is 0 Å². The summed E-state index contributed by atoms with van der Waals surface area (Å²) in [6.45, 7) is 15.8. The van der Waals surface area contributed by atoms with Gasteiger partial charge in [-0.1, -0.05) is 36.2 Å². The highest BCUT2D eigenvalue weighted by atomic mass is 28.3. The van der Waals surface area contributed by atoms with Crippen LogP contribution >= 0.6 is 0 Å². The Morgan fingerprint density at radius 1 is 1.08 bits per heavy atom. The molecule has 0 spiro atoms. The molecule has 0 fully saturated rings. The van der Waals surface area contributed by atoms with Gasteiger partial charge in [-0.05, 0) is 12.5 Å². The first-order valence-electron chi connectivity index (χ1n) is 4.20. The minimum Gasteiger partial charge on any atom is -0.106 e. The van der Waals surface area contributed by atoms with E-state index in [2.05, 4.69) is 38.8 Å². The lowest BCUT2D eigenvalue weighted by molar-refractivity contribution is 1.15. The van der Waals surface area contributed by atoms with Crippen LogP contribution in [0.15, 0.2) is 49.0 Å². The van der Waals surface area contributed by atoms with Gasteiger partial charge < -0.3 is 0 Å². The molecule has 12 heavy (non-hydrogen) atoms. The maximum absolute atomic E-state index is 3.86. The molecule has 0 radical (unpaired) electrons. The highest BCUT2D eigenvalue weighted by Gasteiger charge is 2.26. The Kier molecular flexibility index (Phi) is 4.60. The molecule has 1 atom stereocenters. The zero-order chi connectivity index (χ0) is 9.61. The quantitative estimate of drug-likeness (QED) is 0.446. The van der Waals surface area contributed by atoms with Crippen LogP contribution in [0.25, 0.3) is 0 Å². The zero-order valence-electron chi connectivity index (χ0n) is 8.09. The van der Waals surface area contributed by atoms with Gasteiger partial charge in [0.2, 0.25) is 0 Å². The van der Waals surface area contributed by atoms with E-state index in [0.717, 1.165) is 0 Å². The standard InChI is InChI=1S/C11H18Si/c1-6-10-11(5)12(7-2,8-3)9-4/h6-11H,2-4H2,1,5H3/b10-6+. The molecule has 0 heterocycles. The minimum absolute atomic E-state index is 0.509. The van der Waals surface area contributed by atoms with Crippen LogP contribution in [-0.4, -0.2) is 8.07 Å². The lowest BCUT2D eigenvalue weighted by Gasteiger charge is -2.24. The molecule has 0 aromatic rings. The summed E-state index contributed by atoms with van der Waals surface area (Å²) in [6.07, 6.45) is 4.26. The van der Waals surface area contributed by atoms with Gasteiger partial charge in [0.1, 0.15) is 8.07 Å². The molecule has 1 heteroatoms. The fourth-order valence-corrected chi connectivity index (χ4v) is 3.40. The first-order chi connectivity index (χ1) is 5.66.